The highest BCUT2D eigenvalue weighted by atomic mass is 35.5. The monoisotopic (exact) mass is 236 g/mol. The van der Waals surface area contributed by atoms with Crippen molar-refractivity contribution in [2.24, 2.45) is 0 Å². The second-order valence-electron chi connectivity index (χ2n) is 3.04. The molecule has 1 aromatic carbocycles. The largest absolute Gasteiger partial charge is 0.270 e. The average Bonchev–Trinajstić information content (AvgIpc) is 2.30. The van der Waals surface area contributed by atoms with Gasteiger partial charge in [-0.15, -0.1) is 12.4 Å². The number of non-ortho nitro benzene ring substituents is 1. The quantitative estimate of drug-likeness (QED) is 0.595. The first kappa shape index (κ1) is 12.1. The number of nitro benzene ring substituents is 1. The Bertz CT molecular complexity index is 488. The Labute approximate surface area is 98.5 Å². The summed E-state index contributed by atoms with van der Waals surface area (Å²) in [7, 11) is 0. The van der Waals surface area contributed by atoms with Crippen LogP contribution in [0.5, 0.6) is 0 Å². The third kappa shape index (κ3) is 2.55. The summed E-state index contributed by atoms with van der Waals surface area (Å²) < 4.78 is 0. The molecule has 0 N–H and O–H groups in total. The lowest BCUT2D eigenvalue weighted by Crippen LogP contribution is -1.87. The van der Waals surface area contributed by atoms with E-state index in [1.807, 2.05) is 18.2 Å². The van der Waals surface area contributed by atoms with E-state index in [2.05, 4.69) is 4.98 Å². The van der Waals surface area contributed by atoms with Gasteiger partial charge in [-0.3, -0.25) is 15.1 Å². The van der Waals surface area contributed by atoms with Gasteiger partial charge in [-0.05, 0) is 23.3 Å². The normalized spacial score (nSPS) is 9.25. The summed E-state index contributed by atoms with van der Waals surface area (Å²) in [6, 6.07) is 10.2. The fraction of sp³-hybridized carbons (Fsp3) is 0. The van der Waals surface area contributed by atoms with E-state index in [9.17, 15) is 10.1 Å². The molecule has 0 aliphatic rings. The van der Waals surface area contributed by atoms with Crippen LogP contribution in [0.1, 0.15) is 0 Å². The molecular formula is C11H9ClN2O2. The maximum atomic E-state index is 10.6. The number of hydrogen-bond acceptors (Lipinski definition) is 3. The van der Waals surface area contributed by atoms with Crippen LogP contribution < -0.4 is 0 Å². The molecule has 82 valence electrons. The van der Waals surface area contributed by atoms with Crippen molar-refractivity contribution in [2.45, 2.75) is 0 Å². The van der Waals surface area contributed by atoms with Crippen molar-refractivity contribution < 1.29 is 4.92 Å². The highest BCUT2D eigenvalue weighted by Gasteiger charge is 2.06. The van der Waals surface area contributed by atoms with Crippen LogP contribution in [-0.2, 0) is 0 Å². The van der Waals surface area contributed by atoms with Crippen molar-refractivity contribution >= 4 is 18.1 Å². The lowest BCUT2D eigenvalue weighted by atomic mass is 10.1. The zero-order valence-electron chi connectivity index (χ0n) is 8.24. The second-order valence-corrected chi connectivity index (χ2v) is 3.04. The Balaban J connectivity index is 0.00000128. The van der Waals surface area contributed by atoms with E-state index >= 15 is 0 Å². The number of nitro groups is 1. The smallest absolute Gasteiger partial charge is 0.265 e. The molecule has 4 nitrogen and oxygen atoms in total. The molecule has 0 saturated heterocycles. The first-order valence-electron chi connectivity index (χ1n) is 4.42. The highest BCUT2D eigenvalue weighted by molar-refractivity contribution is 5.85. The Hall–Kier alpha value is -1.94. The Morgan fingerprint density at radius 3 is 2.38 bits per heavy atom. The molecule has 0 fully saturated rings. The van der Waals surface area contributed by atoms with Crippen LogP contribution in [0.4, 0.5) is 5.69 Å². The Morgan fingerprint density at radius 1 is 1.06 bits per heavy atom. The van der Waals surface area contributed by atoms with Crippen LogP contribution in [0, 0.1) is 10.1 Å². The van der Waals surface area contributed by atoms with Crippen LogP contribution in [0.25, 0.3) is 11.1 Å². The number of aromatic nitrogens is 1. The van der Waals surface area contributed by atoms with Crippen molar-refractivity contribution in [1.82, 2.24) is 4.98 Å². The summed E-state index contributed by atoms with van der Waals surface area (Å²) in [4.78, 5) is 14.1. The van der Waals surface area contributed by atoms with E-state index in [-0.39, 0.29) is 18.1 Å². The summed E-state index contributed by atoms with van der Waals surface area (Å²) in [6.07, 6.45) is 3.32. The van der Waals surface area contributed by atoms with Gasteiger partial charge in [0.1, 0.15) is 0 Å². The van der Waals surface area contributed by atoms with Gasteiger partial charge in [0, 0.05) is 24.5 Å². The van der Waals surface area contributed by atoms with E-state index in [1.165, 1.54) is 6.07 Å². The van der Waals surface area contributed by atoms with Gasteiger partial charge in [-0.25, -0.2) is 0 Å². The molecular weight excluding hydrogens is 228 g/mol. The van der Waals surface area contributed by atoms with Crippen molar-refractivity contribution in [3.8, 4) is 11.1 Å². The fourth-order valence-electron chi connectivity index (χ4n) is 1.34. The first-order valence-corrected chi connectivity index (χ1v) is 4.42. The third-order valence-electron chi connectivity index (χ3n) is 2.07. The van der Waals surface area contributed by atoms with E-state index in [4.69, 9.17) is 0 Å². The van der Waals surface area contributed by atoms with Crippen LogP contribution in [0.3, 0.4) is 0 Å². The van der Waals surface area contributed by atoms with Crippen LogP contribution >= 0.6 is 12.4 Å². The van der Waals surface area contributed by atoms with Gasteiger partial charge in [0.25, 0.3) is 5.69 Å². The van der Waals surface area contributed by atoms with Crippen LogP contribution in [0.15, 0.2) is 48.8 Å². The summed E-state index contributed by atoms with van der Waals surface area (Å²) >= 11 is 0. The van der Waals surface area contributed by atoms with Gasteiger partial charge >= 0.3 is 0 Å². The fourth-order valence-corrected chi connectivity index (χ4v) is 1.34. The minimum Gasteiger partial charge on any atom is -0.265 e. The van der Waals surface area contributed by atoms with E-state index in [0.29, 0.717) is 0 Å². The predicted octanol–water partition coefficient (Wildman–Crippen LogP) is 3.08. The minimum atomic E-state index is -0.398. The Kier molecular flexibility index (Phi) is 3.96. The molecule has 0 spiro atoms. The zero-order valence-corrected chi connectivity index (χ0v) is 9.05. The van der Waals surface area contributed by atoms with Gasteiger partial charge in [0.15, 0.2) is 0 Å². The third-order valence-corrected chi connectivity index (χ3v) is 2.07. The predicted molar refractivity (Wildman–Crippen MR) is 63.6 cm³/mol. The van der Waals surface area contributed by atoms with Crippen LogP contribution in [0.2, 0.25) is 0 Å². The molecule has 5 heteroatoms. The molecule has 0 aliphatic carbocycles. The summed E-state index contributed by atoms with van der Waals surface area (Å²) in [5, 5.41) is 10.6. The molecule has 1 aromatic heterocycles. The molecule has 0 atom stereocenters. The molecule has 0 saturated carbocycles. The molecule has 0 unspecified atom stereocenters. The maximum Gasteiger partial charge on any atom is 0.270 e. The maximum absolute atomic E-state index is 10.6. The number of hydrogen-bond donors (Lipinski definition) is 0. The second kappa shape index (κ2) is 5.23. The molecule has 0 radical (unpaired) electrons. The molecule has 1 heterocycles. The molecule has 16 heavy (non-hydrogen) atoms. The van der Waals surface area contributed by atoms with Gasteiger partial charge in [-0.1, -0.05) is 12.1 Å². The summed E-state index contributed by atoms with van der Waals surface area (Å²) in [5.41, 5.74) is 1.85. The standard InChI is InChI=1S/C11H8N2O2.ClH/c14-13(15)11-3-1-2-10(8-11)9-4-6-12-7-5-9;/h1-8H;1H. The average molecular weight is 237 g/mol. The van der Waals surface area contributed by atoms with Gasteiger partial charge < -0.3 is 0 Å². The topological polar surface area (TPSA) is 56.0 Å². The zero-order chi connectivity index (χ0) is 10.7. The van der Waals surface area contributed by atoms with Crippen molar-refractivity contribution in [3.63, 3.8) is 0 Å². The Morgan fingerprint density at radius 2 is 1.75 bits per heavy atom. The summed E-state index contributed by atoms with van der Waals surface area (Å²) in [5.74, 6) is 0. The van der Waals surface area contributed by atoms with Crippen LogP contribution in [-0.4, -0.2) is 9.91 Å². The van der Waals surface area contributed by atoms with Gasteiger partial charge in [-0.2, -0.15) is 0 Å². The van der Waals surface area contributed by atoms with E-state index in [0.717, 1.165) is 11.1 Å². The molecule has 0 amide bonds. The number of benzene rings is 1. The minimum absolute atomic E-state index is 0. The van der Waals surface area contributed by atoms with E-state index < -0.39 is 4.92 Å². The first-order chi connectivity index (χ1) is 7.27. The van der Waals surface area contributed by atoms with E-state index in [1.54, 1.807) is 24.5 Å². The number of rotatable bonds is 2. The van der Waals surface area contributed by atoms with Crippen molar-refractivity contribution in [2.75, 3.05) is 0 Å². The van der Waals surface area contributed by atoms with Crippen molar-refractivity contribution in [1.29, 1.82) is 0 Å². The number of pyridine rings is 1. The van der Waals surface area contributed by atoms with Gasteiger partial charge in [0.2, 0.25) is 0 Å². The molecule has 0 aliphatic heterocycles. The SMILES string of the molecule is Cl.O=[N+]([O-])c1cccc(-c2ccncc2)c1. The van der Waals surface area contributed by atoms with Crippen molar-refractivity contribution in [3.05, 3.63) is 58.9 Å². The molecule has 2 rings (SSSR count). The highest BCUT2D eigenvalue weighted by Crippen LogP contribution is 2.22. The number of halogens is 1. The lowest BCUT2D eigenvalue weighted by molar-refractivity contribution is -0.384. The number of nitrogens with zero attached hydrogens (tertiary/aromatic N) is 2. The molecule has 0 bridgehead atoms. The molecule has 2 aromatic rings. The summed E-state index contributed by atoms with van der Waals surface area (Å²) in [6.45, 7) is 0. The van der Waals surface area contributed by atoms with Gasteiger partial charge in [0.05, 0.1) is 4.92 Å². The lowest BCUT2D eigenvalue weighted by Gasteiger charge is -1.99.